The minimum Gasteiger partial charge on any atom is -0.496 e. The lowest BCUT2D eigenvalue weighted by molar-refractivity contribution is 0.0996. The number of nitrogen functional groups attached to an aromatic ring is 1. The molecule has 0 radical (unpaired) electrons. The number of methoxy groups -OCH3 is 1. The molecule has 0 aliphatic heterocycles. The number of fused-ring (bicyclic) bond motifs is 1. The van der Waals surface area contributed by atoms with Gasteiger partial charge in [0.05, 0.1) is 24.2 Å². The van der Waals surface area contributed by atoms with Crippen molar-refractivity contribution in [2.24, 2.45) is 5.73 Å². The molecule has 3 heterocycles. The van der Waals surface area contributed by atoms with Crippen molar-refractivity contribution < 1.29 is 9.53 Å². The van der Waals surface area contributed by atoms with Gasteiger partial charge in [0.15, 0.2) is 5.65 Å². The molecule has 1 aliphatic carbocycles. The van der Waals surface area contributed by atoms with E-state index in [1.807, 2.05) is 28.9 Å². The van der Waals surface area contributed by atoms with Gasteiger partial charge in [-0.1, -0.05) is 37.1 Å². The number of nitrogens with zero attached hydrogens (tertiary/aromatic N) is 5. The third-order valence-corrected chi connectivity index (χ3v) is 6.25. The maximum Gasteiger partial charge on any atom is 0.254 e. The van der Waals surface area contributed by atoms with Crippen LogP contribution in [0.4, 0.5) is 5.82 Å². The maximum atomic E-state index is 12.0. The van der Waals surface area contributed by atoms with E-state index in [4.69, 9.17) is 21.3 Å². The van der Waals surface area contributed by atoms with E-state index in [2.05, 4.69) is 15.0 Å². The van der Waals surface area contributed by atoms with Crippen LogP contribution in [-0.2, 0) is 6.42 Å². The van der Waals surface area contributed by atoms with Crippen molar-refractivity contribution in [3.8, 4) is 17.0 Å². The molecule has 0 spiro atoms. The average molecular weight is 444 g/mol. The second-order valence-corrected chi connectivity index (χ2v) is 8.26. The van der Waals surface area contributed by atoms with E-state index in [0.29, 0.717) is 35.3 Å². The molecule has 4 aromatic rings. The molecule has 1 aliphatic rings. The molecule has 0 unspecified atom stereocenters. The Morgan fingerprint density at radius 3 is 2.58 bits per heavy atom. The van der Waals surface area contributed by atoms with Gasteiger partial charge in [-0.25, -0.2) is 14.6 Å². The summed E-state index contributed by atoms with van der Waals surface area (Å²) in [4.78, 5) is 25.0. The topological polar surface area (TPSA) is 135 Å². The van der Waals surface area contributed by atoms with Crippen molar-refractivity contribution in [3.05, 3.63) is 59.7 Å². The smallest absolute Gasteiger partial charge is 0.254 e. The number of primary amides is 1. The first kappa shape index (κ1) is 20.9. The average Bonchev–Trinajstić information content (AvgIpc) is 3.48. The van der Waals surface area contributed by atoms with E-state index < -0.39 is 5.91 Å². The molecular formula is C24H25N7O2. The second kappa shape index (κ2) is 8.50. The number of carbonyl (C=O) groups is 1. The first-order chi connectivity index (χ1) is 16.1. The van der Waals surface area contributed by atoms with E-state index in [9.17, 15) is 4.79 Å². The third kappa shape index (κ3) is 3.75. The summed E-state index contributed by atoms with van der Waals surface area (Å²) in [7, 11) is 1.50. The lowest BCUT2D eigenvalue weighted by atomic mass is 10.0. The van der Waals surface area contributed by atoms with Crippen LogP contribution in [0.15, 0.2) is 42.9 Å². The minimum atomic E-state index is -0.564. The second-order valence-electron chi connectivity index (χ2n) is 8.26. The van der Waals surface area contributed by atoms with Crippen LogP contribution >= 0.6 is 0 Å². The van der Waals surface area contributed by atoms with Gasteiger partial charge in [-0.15, -0.1) is 0 Å². The van der Waals surface area contributed by atoms with Crippen molar-refractivity contribution in [1.82, 2.24) is 24.7 Å². The summed E-state index contributed by atoms with van der Waals surface area (Å²) in [5.41, 5.74) is 16.1. The van der Waals surface area contributed by atoms with Crippen LogP contribution in [0.3, 0.4) is 0 Å². The SMILES string of the molecule is COc1ccnc(Cc2ccc(-c3nn(C4CCCC4)c4ncnc(N)c34)cc2)c1C(N)=O. The number of hydrogen-bond acceptors (Lipinski definition) is 7. The van der Waals surface area contributed by atoms with Crippen LogP contribution < -0.4 is 16.2 Å². The molecule has 33 heavy (non-hydrogen) atoms. The maximum absolute atomic E-state index is 12.0. The fourth-order valence-corrected chi connectivity index (χ4v) is 4.63. The van der Waals surface area contributed by atoms with Crippen molar-refractivity contribution >= 4 is 22.8 Å². The number of pyridine rings is 1. The van der Waals surface area contributed by atoms with Crippen LogP contribution in [-0.4, -0.2) is 37.7 Å². The molecule has 0 bridgehead atoms. The van der Waals surface area contributed by atoms with Crippen LogP contribution in [0.25, 0.3) is 22.3 Å². The molecular weight excluding hydrogens is 418 g/mol. The molecule has 1 amide bonds. The van der Waals surface area contributed by atoms with Crippen LogP contribution in [0, 0.1) is 0 Å². The summed E-state index contributed by atoms with van der Waals surface area (Å²) in [6.45, 7) is 0. The highest BCUT2D eigenvalue weighted by molar-refractivity contribution is 5.98. The predicted molar refractivity (Wildman–Crippen MR) is 125 cm³/mol. The molecule has 4 N–H and O–H groups in total. The molecule has 1 saturated carbocycles. The monoisotopic (exact) mass is 443 g/mol. The largest absolute Gasteiger partial charge is 0.496 e. The van der Waals surface area contributed by atoms with E-state index in [1.165, 1.54) is 26.3 Å². The lowest BCUT2D eigenvalue weighted by Crippen LogP contribution is -2.16. The number of aromatic nitrogens is 5. The van der Waals surface area contributed by atoms with Crippen molar-refractivity contribution in [2.45, 2.75) is 38.1 Å². The molecule has 3 aromatic heterocycles. The van der Waals surface area contributed by atoms with Gasteiger partial charge in [0.1, 0.15) is 29.2 Å². The zero-order chi connectivity index (χ0) is 22.9. The van der Waals surface area contributed by atoms with Crippen molar-refractivity contribution in [1.29, 1.82) is 0 Å². The molecule has 9 nitrogen and oxygen atoms in total. The zero-order valence-corrected chi connectivity index (χ0v) is 18.4. The summed E-state index contributed by atoms with van der Waals surface area (Å²) in [6, 6.07) is 9.93. The molecule has 9 heteroatoms. The number of rotatable bonds is 6. The van der Waals surface area contributed by atoms with Gasteiger partial charge in [-0.3, -0.25) is 9.78 Å². The first-order valence-corrected chi connectivity index (χ1v) is 11.0. The van der Waals surface area contributed by atoms with Crippen LogP contribution in [0.1, 0.15) is 53.3 Å². The number of benzene rings is 1. The van der Waals surface area contributed by atoms with Gasteiger partial charge >= 0.3 is 0 Å². The first-order valence-electron chi connectivity index (χ1n) is 11.0. The molecule has 1 aromatic carbocycles. The van der Waals surface area contributed by atoms with E-state index in [1.54, 1.807) is 12.3 Å². The Balaban J connectivity index is 1.51. The fourth-order valence-electron chi connectivity index (χ4n) is 4.63. The molecule has 168 valence electrons. The molecule has 0 saturated heterocycles. The Morgan fingerprint density at radius 2 is 1.88 bits per heavy atom. The number of nitrogens with two attached hydrogens (primary N) is 2. The minimum absolute atomic E-state index is 0.301. The molecule has 5 rings (SSSR count). The van der Waals surface area contributed by atoms with Gasteiger partial charge < -0.3 is 16.2 Å². The van der Waals surface area contributed by atoms with Gasteiger partial charge in [0.25, 0.3) is 5.91 Å². The Bertz CT molecular complexity index is 1320. The highest BCUT2D eigenvalue weighted by Crippen LogP contribution is 2.36. The van der Waals surface area contributed by atoms with E-state index in [-0.39, 0.29) is 0 Å². The van der Waals surface area contributed by atoms with Gasteiger partial charge in [-0.05, 0) is 24.5 Å². The van der Waals surface area contributed by atoms with Crippen molar-refractivity contribution in [3.63, 3.8) is 0 Å². The summed E-state index contributed by atoms with van der Waals surface area (Å²) >= 11 is 0. The number of anilines is 1. The highest BCUT2D eigenvalue weighted by Gasteiger charge is 2.24. The van der Waals surface area contributed by atoms with Gasteiger partial charge in [0, 0.05) is 18.2 Å². The number of amides is 1. The van der Waals surface area contributed by atoms with Crippen molar-refractivity contribution in [2.75, 3.05) is 12.8 Å². The summed E-state index contributed by atoms with van der Waals surface area (Å²) < 4.78 is 7.30. The quantitative estimate of drug-likeness (QED) is 0.467. The molecule has 1 fully saturated rings. The Kier molecular flexibility index (Phi) is 5.37. The number of ether oxygens (including phenoxy) is 1. The fraction of sp³-hybridized carbons (Fsp3) is 0.292. The number of hydrogen-bond donors (Lipinski definition) is 2. The van der Waals surface area contributed by atoms with E-state index in [0.717, 1.165) is 40.7 Å². The highest BCUT2D eigenvalue weighted by atomic mass is 16.5. The van der Waals surface area contributed by atoms with Gasteiger partial charge in [0.2, 0.25) is 0 Å². The Morgan fingerprint density at radius 1 is 1.12 bits per heavy atom. The predicted octanol–water partition coefficient (Wildman–Crippen LogP) is 3.28. The summed E-state index contributed by atoms with van der Waals surface area (Å²) in [5.74, 6) is 0.282. The lowest BCUT2D eigenvalue weighted by Gasteiger charge is -2.11. The van der Waals surface area contributed by atoms with Gasteiger partial charge in [-0.2, -0.15) is 5.10 Å². The summed E-state index contributed by atoms with van der Waals surface area (Å²) in [5, 5.41) is 5.70. The number of carbonyl (C=O) groups excluding carboxylic acids is 1. The van der Waals surface area contributed by atoms with Crippen LogP contribution in [0.5, 0.6) is 5.75 Å². The normalized spacial score (nSPS) is 14.1. The third-order valence-electron chi connectivity index (χ3n) is 6.25. The standard InChI is InChI=1S/C24H25N7O2/c1-33-18-10-11-27-17(19(18)23(26)32)12-14-6-8-15(9-7-14)21-20-22(25)28-13-29-24(20)31(30-21)16-4-2-3-5-16/h6-11,13,16H,2-5,12H2,1H3,(H2,26,32)(H2,25,28,29). The molecule has 0 atom stereocenters. The summed E-state index contributed by atoms with van der Waals surface area (Å²) in [6.07, 6.45) is 8.13. The Hall–Kier alpha value is -4.01. The Labute approximate surface area is 190 Å². The van der Waals surface area contributed by atoms with Crippen LogP contribution in [0.2, 0.25) is 0 Å². The van der Waals surface area contributed by atoms with E-state index >= 15 is 0 Å². The zero-order valence-electron chi connectivity index (χ0n) is 18.4.